The summed E-state index contributed by atoms with van der Waals surface area (Å²) >= 11 is 2.97. The number of thioether (sulfide) groups is 1. The molecule has 0 radical (unpaired) electrons. The number of aromatic nitrogens is 2. The van der Waals surface area contributed by atoms with Crippen LogP contribution in [0.2, 0.25) is 0 Å². The molecule has 12 heteroatoms. The molecule has 0 atom stereocenters. The van der Waals surface area contributed by atoms with Gasteiger partial charge in [0.25, 0.3) is 5.56 Å². The SMILES string of the molecule is COc1cccc(-c2nc(SCc3ccc([N-]C(=O)[N-]CCc4cccs4)cc3)[nH]c(=O)c2C#N)c1.[Li+].[Li+]. The molecular formula is C26H21Li2N5O3S2. The minimum Gasteiger partial charge on any atom is -0.669 e. The third-order valence-electron chi connectivity index (χ3n) is 5.07. The van der Waals surface area contributed by atoms with Gasteiger partial charge in [-0.05, 0) is 41.6 Å². The summed E-state index contributed by atoms with van der Waals surface area (Å²) in [6.07, 6.45) is 0.722. The number of hydrogen-bond donors (Lipinski definition) is 1. The van der Waals surface area contributed by atoms with Crippen LogP contribution in [0.15, 0.2) is 76.0 Å². The minimum absolute atomic E-state index is 0. The summed E-state index contributed by atoms with van der Waals surface area (Å²) in [7, 11) is 1.55. The third kappa shape index (κ3) is 8.58. The van der Waals surface area contributed by atoms with E-state index in [1.165, 1.54) is 16.6 Å². The molecule has 1 N–H and O–H groups in total. The van der Waals surface area contributed by atoms with Crippen LogP contribution in [0.5, 0.6) is 5.75 Å². The number of aromatic amines is 1. The molecule has 4 rings (SSSR count). The van der Waals surface area contributed by atoms with E-state index < -0.39 is 11.6 Å². The Hall–Kier alpha value is -2.88. The molecule has 0 fully saturated rings. The number of carbonyl (C=O) groups excluding carboxylic acids is 1. The van der Waals surface area contributed by atoms with Gasteiger partial charge >= 0.3 is 37.7 Å². The summed E-state index contributed by atoms with van der Waals surface area (Å²) in [6.45, 7) is 0.408. The fourth-order valence-electron chi connectivity index (χ4n) is 3.28. The Morgan fingerprint density at radius 2 is 1.95 bits per heavy atom. The number of urea groups is 1. The van der Waals surface area contributed by atoms with Gasteiger partial charge < -0.3 is 25.1 Å². The Morgan fingerprint density at radius 1 is 1.16 bits per heavy atom. The predicted octanol–water partition coefficient (Wildman–Crippen LogP) is 0.421. The predicted molar refractivity (Wildman–Crippen MR) is 142 cm³/mol. The number of ether oxygens (including phenoxy) is 1. The normalized spacial score (nSPS) is 9.89. The summed E-state index contributed by atoms with van der Waals surface area (Å²) in [6, 6.07) is 19.7. The first kappa shape index (κ1) is 31.3. The van der Waals surface area contributed by atoms with Crippen molar-refractivity contribution in [3.63, 3.8) is 0 Å². The molecule has 182 valence electrons. The van der Waals surface area contributed by atoms with E-state index in [0.29, 0.717) is 40.1 Å². The van der Waals surface area contributed by atoms with Crippen LogP contribution in [0.1, 0.15) is 16.0 Å². The first-order chi connectivity index (χ1) is 17.6. The Balaban J connectivity index is 0.00000253. The van der Waals surface area contributed by atoms with Crippen molar-refractivity contribution in [2.45, 2.75) is 17.3 Å². The van der Waals surface area contributed by atoms with Crippen molar-refractivity contribution >= 4 is 34.8 Å². The van der Waals surface area contributed by atoms with Gasteiger partial charge in [-0.1, -0.05) is 54.2 Å². The minimum atomic E-state index is -0.502. The van der Waals surface area contributed by atoms with E-state index in [0.717, 1.165) is 12.0 Å². The summed E-state index contributed by atoms with van der Waals surface area (Å²) in [5.41, 5.74) is 1.86. The third-order valence-corrected chi connectivity index (χ3v) is 6.96. The quantitative estimate of drug-likeness (QED) is 0.190. The van der Waals surface area contributed by atoms with E-state index >= 15 is 0 Å². The number of methoxy groups -OCH3 is 1. The molecule has 0 spiro atoms. The van der Waals surface area contributed by atoms with Gasteiger partial charge in [-0.2, -0.15) is 5.26 Å². The van der Waals surface area contributed by atoms with Gasteiger partial charge in [0, 0.05) is 16.2 Å². The maximum Gasteiger partial charge on any atom is 1.00 e. The summed E-state index contributed by atoms with van der Waals surface area (Å²) in [5.74, 6) is 1.12. The van der Waals surface area contributed by atoms with Crippen LogP contribution in [0.4, 0.5) is 10.5 Å². The zero-order chi connectivity index (χ0) is 25.3. The van der Waals surface area contributed by atoms with Crippen molar-refractivity contribution in [1.29, 1.82) is 5.26 Å². The number of nitrogens with zero attached hydrogens (tertiary/aromatic N) is 4. The molecule has 0 aliphatic rings. The van der Waals surface area contributed by atoms with E-state index in [4.69, 9.17) is 4.74 Å². The number of benzene rings is 2. The van der Waals surface area contributed by atoms with Gasteiger partial charge in [-0.3, -0.25) is 4.79 Å². The van der Waals surface area contributed by atoms with Gasteiger partial charge in [0.2, 0.25) is 0 Å². The second kappa shape index (κ2) is 15.5. The zero-order valence-corrected chi connectivity index (χ0v) is 22.9. The van der Waals surface area contributed by atoms with Gasteiger partial charge in [0.1, 0.15) is 17.4 Å². The molecule has 0 saturated heterocycles. The second-order valence-corrected chi connectivity index (χ2v) is 9.50. The molecule has 0 aliphatic carbocycles. The van der Waals surface area contributed by atoms with Gasteiger partial charge in [0.05, 0.1) is 12.8 Å². The first-order valence-corrected chi connectivity index (χ1v) is 12.8. The number of hydrogen-bond acceptors (Lipinski definition) is 7. The molecule has 0 unspecified atom stereocenters. The summed E-state index contributed by atoms with van der Waals surface area (Å²) in [5, 5.41) is 19.9. The first-order valence-electron chi connectivity index (χ1n) is 10.9. The van der Waals surface area contributed by atoms with Crippen molar-refractivity contribution < 1.29 is 47.3 Å². The van der Waals surface area contributed by atoms with Crippen molar-refractivity contribution in [2.24, 2.45) is 0 Å². The average molecular weight is 530 g/mol. The molecule has 2 amide bonds. The maximum absolute atomic E-state index is 12.5. The zero-order valence-electron chi connectivity index (χ0n) is 21.3. The molecule has 4 aromatic rings. The van der Waals surface area contributed by atoms with Crippen LogP contribution in [0, 0.1) is 11.3 Å². The topological polar surface area (TPSA) is 124 Å². The van der Waals surface area contributed by atoms with Gasteiger partial charge in [-0.15, -0.1) is 23.6 Å². The van der Waals surface area contributed by atoms with Crippen LogP contribution in [0.3, 0.4) is 0 Å². The maximum atomic E-state index is 12.5. The monoisotopic (exact) mass is 529 g/mol. The average Bonchev–Trinajstić information content (AvgIpc) is 3.41. The smallest absolute Gasteiger partial charge is 0.669 e. The van der Waals surface area contributed by atoms with Crippen molar-refractivity contribution in [3.8, 4) is 23.1 Å². The molecule has 0 aliphatic heterocycles. The number of carbonyl (C=O) groups is 1. The second-order valence-electron chi connectivity index (χ2n) is 7.50. The van der Waals surface area contributed by atoms with Gasteiger partial charge in [-0.25, -0.2) is 4.98 Å². The molecule has 2 heterocycles. The molecule has 0 bridgehead atoms. The van der Waals surface area contributed by atoms with E-state index in [2.05, 4.69) is 20.6 Å². The fourth-order valence-corrected chi connectivity index (χ4v) is 4.80. The standard InChI is InChI=1S/C26H23N5O3S2.2Li/c1-34-20-5-2-4-18(14-20)23-22(15-27)24(32)31-26(30-23)36-16-17-7-9-19(10-8-17)29-25(33)28-12-11-21-6-3-13-35-21;;/h2-10,13-14H,11-12,16H2,1H3,(H3,28,29,30,31,32,33);;/q;2*+1/p-2. The van der Waals surface area contributed by atoms with Crippen LogP contribution in [-0.2, 0) is 12.2 Å². The summed E-state index contributed by atoms with van der Waals surface area (Å²) in [4.78, 5) is 32.9. The van der Waals surface area contributed by atoms with Crippen LogP contribution < -0.4 is 48.0 Å². The number of nitrogens with one attached hydrogen (secondary N) is 1. The van der Waals surface area contributed by atoms with Crippen LogP contribution in [-0.4, -0.2) is 29.7 Å². The summed E-state index contributed by atoms with van der Waals surface area (Å²) < 4.78 is 5.25. The van der Waals surface area contributed by atoms with E-state index in [-0.39, 0.29) is 43.3 Å². The number of thiophene rings is 1. The Morgan fingerprint density at radius 3 is 2.63 bits per heavy atom. The van der Waals surface area contributed by atoms with Gasteiger partial charge in [0.15, 0.2) is 5.16 Å². The molecule has 2 aromatic carbocycles. The molecule has 38 heavy (non-hydrogen) atoms. The van der Waals surface area contributed by atoms with Crippen LogP contribution in [0.25, 0.3) is 21.9 Å². The molecule has 8 nitrogen and oxygen atoms in total. The fraction of sp³-hybridized carbons (Fsp3) is 0.154. The Labute approximate surface area is 253 Å². The molecular weight excluding hydrogens is 508 g/mol. The molecule has 2 aromatic heterocycles. The van der Waals surface area contributed by atoms with Crippen molar-refractivity contribution in [1.82, 2.24) is 9.97 Å². The number of amides is 2. The van der Waals surface area contributed by atoms with Crippen LogP contribution >= 0.6 is 23.1 Å². The number of nitriles is 1. The number of H-pyrrole nitrogens is 1. The van der Waals surface area contributed by atoms with E-state index in [9.17, 15) is 14.9 Å². The number of rotatable bonds is 9. The Kier molecular flexibility index (Phi) is 12.8. The van der Waals surface area contributed by atoms with Crippen molar-refractivity contribution in [3.05, 3.63) is 103 Å². The Bertz CT molecular complexity index is 1440. The largest absolute Gasteiger partial charge is 1.00 e. The van der Waals surface area contributed by atoms with Crippen molar-refractivity contribution in [2.75, 3.05) is 13.7 Å². The molecule has 0 saturated carbocycles. The van der Waals surface area contributed by atoms with E-state index in [1.807, 2.05) is 35.7 Å². The van der Waals surface area contributed by atoms with E-state index in [1.54, 1.807) is 54.8 Å².